The van der Waals surface area contributed by atoms with Crippen molar-refractivity contribution in [1.29, 1.82) is 0 Å². The van der Waals surface area contributed by atoms with Gasteiger partial charge in [-0.2, -0.15) is 0 Å². The van der Waals surface area contributed by atoms with Crippen LogP contribution in [0.4, 0.5) is 0 Å². The van der Waals surface area contributed by atoms with Gasteiger partial charge in [0.1, 0.15) is 5.75 Å². The third-order valence-corrected chi connectivity index (χ3v) is 4.98. The lowest BCUT2D eigenvalue weighted by atomic mass is 9.93. The molecule has 0 unspecified atom stereocenters. The van der Waals surface area contributed by atoms with Crippen molar-refractivity contribution >= 4 is 5.91 Å². The summed E-state index contributed by atoms with van der Waals surface area (Å²) in [6, 6.07) is 7.23. The van der Waals surface area contributed by atoms with E-state index in [0.717, 1.165) is 22.4 Å². The van der Waals surface area contributed by atoms with Gasteiger partial charge in [0.05, 0.1) is 34.5 Å². The van der Waals surface area contributed by atoms with Gasteiger partial charge >= 0.3 is 0 Å². The topological polar surface area (TPSA) is 66.0 Å². The standard InChI is InChI=1S/C23H31NO5/c1-13(2)17-12-18(14(3)9-19(17)26-5)15(4)24-23(25)16-10-20(27-6)22(29-8)21(11-16)28-7/h9-13,15H,1-8H3,(H,24,25)/t15-/m0/s1. The summed E-state index contributed by atoms with van der Waals surface area (Å²) >= 11 is 0. The van der Waals surface area contributed by atoms with Crippen LogP contribution >= 0.6 is 0 Å². The van der Waals surface area contributed by atoms with Crippen molar-refractivity contribution < 1.29 is 23.7 Å². The molecule has 0 bridgehead atoms. The van der Waals surface area contributed by atoms with E-state index in [0.29, 0.717) is 28.7 Å². The molecule has 2 aromatic rings. The molecule has 0 saturated carbocycles. The lowest BCUT2D eigenvalue weighted by Gasteiger charge is -2.21. The van der Waals surface area contributed by atoms with Crippen LogP contribution < -0.4 is 24.3 Å². The van der Waals surface area contributed by atoms with Crippen LogP contribution in [-0.4, -0.2) is 34.3 Å². The summed E-state index contributed by atoms with van der Waals surface area (Å²) in [6.45, 7) is 8.23. The molecule has 1 amide bonds. The average Bonchev–Trinajstić information content (AvgIpc) is 2.71. The monoisotopic (exact) mass is 401 g/mol. The first kappa shape index (κ1) is 22.4. The molecule has 6 heteroatoms. The Labute approximate surface area is 173 Å². The molecular formula is C23H31NO5. The highest BCUT2D eigenvalue weighted by Gasteiger charge is 2.20. The zero-order chi connectivity index (χ0) is 21.7. The van der Waals surface area contributed by atoms with Gasteiger partial charge in [0, 0.05) is 5.56 Å². The molecule has 0 aliphatic rings. The Balaban J connectivity index is 2.35. The molecule has 0 spiro atoms. The highest BCUT2D eigenvalue weighted by Crippen LogP contribution is 2.38. The maximum atomic E-state index is 12.9. The largest absolute Gasteiger partial charge is 0.496 e. The second-order valence-corrected chi connectivity index (χ2v) is 7.21. The number of methoxy groups -OCH3 is 4. The molecule has 0 aromatic heterocycles. The van der Waals surface area contributed by atoms with E-state index in [-0.39, 0.29) is 11.9 Å². The van der Waals surface area contributed by atoms with Crippen LogP contribution in [0.15, 0.2) is 24.3 Å². The van der Waals surface area contributed by atoms with Crippen molar-refractivity contribution in [3.63, 3.8) is 0 Å². The molecule has 1 atom stereocenters. The number of carbonyl (C=O) groups is 1. The van der Waals surface area contributed by atoms with Crippen LogP contribution in [0.25, 0.3) is 0 Å². The summed E-state index contributed by atoms with van der Waals surface area (Å²) < 4.78 is 21.5. The Hall–Kier alpha value is -2.89. The second kappa shape index (κ2) is 9.54. The summed E-state index contributed by atoms with van der Waals surface area (Å²) in [5, 5.41) is 3.07. The van der Waals surface area contributed by atoms with E-state index in [9.17, 15) is 4.79 Å². The Bertz CT molecular complexity index is 851. The van der Waals surface area contributed by atoms with Crippen LogP contribution in [-0.2, 0) is 0 Å². The number of ether oxygens (including phenoxy) is 4. The predicted octanol–water partition coefficient (Wildman–Crippen LogP) is 4.64. The number of benzene rings is 2. The maximum Gasteiger partial charge on any atom is 0.252 e. The van der Waals surface area contributed by atoms with Gasteiger partial charge in [0.25, 0.3) is 5.91 Å². The van der Waals surface area contributed by atoms with Crippen molar-refractivity contribution in [3.8, 4) is 23.0 Å². The van der Waals surface area contributed by atoms with E-state index in [2.05, 4.69) is 25.2 Å². The van der Waals surface area contributed by atoms with Gasteiger partial charge in [-0.05, 0) is 60.7 Å². The zero-order valence-corrected chi connectivity index (χ0v) is 18.5. The minimum absolute atomic E-state index is 0.190. The fourth-order valence-electron chi connectivity index (χ4n) is 3.38. The Morgan fingerprint density at radius 1 is 0.793 bits per heavy atom. The second-order valence-electron chi connectivity index (χ2n) is 7.21. The summed E-state index contributed by atoms with van der Waals surface area (Å²) in [4.78, 5) is 12.9. The van der Waals surface area contributed by atoms with Gasteiger partial charge < -0.3 is 24.3 Å². The zero-order valence-electron chi connectivity index (χ0n) is 18.5. The molecule has 0 fully saturated rings. The number of aryl methyl sites for hydroxylation is 1. The number of hydrogen-bond acceptors (Lipinski definition) is 5. The quantitative estimate of drug-likeness (QED) is 0.698. The molecular weight excluding hydrogens is 370 g/mol. The van der Waals surface area contributed by atoms with E-state index in [1.54, 1.807) is 19.2 Å². The van der Waals surface area contributed by atoms with Crippen molar-refractivity contribution in [1.82, 2.24) is 5.32 Å². The van der Waals surface area contributed by atoms with Crippen LogP contribution in [0.5, 0.6) is 23.0 Å². The van der Waals surface area contributed by atoms with Gasteiger partial charge in [-0.1, -0.05) is 13.8 Å². The van der Waals surface area contributed by atoms with Crippen LogP contribution in [0.2, 0.25) is 0 Å². The van der Waals surface area contributed by atoms with E-state index in [4.69, 9.17) is 18.9 Å². The highest BCUT2D eigenvalue weighted by molar-refractivity contribution is 5.96. The summed E-state index contributed by atoms with van der Waals surface area (Å²) in [7, 11) is 6.25. The summed E-state index contributed by atoms with van der Waals surface area (Å²) in [6.07, 6.45) is 0. The van der Waals surface area contributed by atoms with Crippen molar-refractivity contribution in [3.05, 3.63) is 46.5 Å². The molecule has 158 valence electrons. The summed E-state index contributed by atoms with van der Waals surface area (Å²) in [5.74, 6) is 2.27. The Morgan fingerprint density at radius 2 is 1.34 bits per heavy atom. The molecule has 6 nitrogen and oxygen atoms in total. The van der Waals surface area contributed by atoms with Gasteiger partial charge in [-0.25, -0.2) is 0 Å². The van der Waals surface area contributed by atoms with E-state index < -0.39 is 0 Å². The normalized spacial score (nSPS) is 11.8. The summed E-state index contributed by atoms with van der Waals surface area (Å²) in [5.41, 5.74) is 3.66. The fraction of sp³-hybridized carbons (Fsp3) is 0.435. The van der Waals surface area contributed by atoms with Gasteiger partial charge in [0.2, 0.25) is 5.75 Å². The lowest BCUT2D eigenvalue weighted by Crippen LogP contribution is -2.27. The van der Waals surface area contributed by atoms with Crippen molar-refractivity contribution in [2.24, 2.45) is 0 Å². The highest BCUT2D eigenvalue weighted by atomic mass is 16.5. The molecule has 2 rings (SSSR count). The first-order chi connectivity index (χ1) is 13.8. The molecule has 2 aromatic carbocycles. The SMILES string of the molecule is COc1cc(C)c([C@H](C)NC(=O)c2cc(OC)c(OC)c(OC)c2)cc1C(C)C. The number of carbonyl (C=O) groups excluding carboxylic acids is 1. The Kier molecular flexibility index (Phi) is 7.37. The minimum Gasteiger partial charge on any atom is -0.496 e. The minimum atomic E-state index is -0.224. The molecule has 1 N–H and O–H groups in total. The van der Waals surface area contributed by atoms with E-state index in [1.165, 1.54) is 21.3 Å². The molecule has 0 aliphatic carbocycles. The first-order valence-corrected chi connectivity index (χ1v) is 9.56. The van der Waals surface area contributed by atoms with E-state index >= 15 is 0 Å². The molecule has 0 saturated heterocycles. The Morgan fingerprint density at radius 3 is 1.79 bits per heavy atom. The molecule has 0 heterocycles. The first-order valence-electron chi connectivity index (χ1n) is 9.56. The van der Waals surface area contributed by atoms with E-state index in [1.807, 2.05) is 19.9 Å². The van der Waals surface area contributed by atoms with Crippen LogP contribution in [0.3, 0.4) is 0 Å². The van der Waals surface area contributed by atoms with Crippen LogP contribution in [0.1, 0.15) is 59.8 Å². The van der Waals surface area contributed by atoms with Gasteiger partial charge in [-0.3, -0.25) is 4.79 Å². The third kappa shape index (κ3) is 4.75. The third-order valence-electron chi connectivity index (χ3n) is 4.98. The number of rotatable bonds is 8. The van der Waals surface area contributed by atoms with Crippen LogP contribution in [0, 0.1) is 6.92 Å². The molecule has 0 radical (unpaired) electrons. The maximum absolute atomic E-state index is 12.9. The number of amides is 1. The molecule has 0 aliphatic heterocycles. The van der Waals surface area contributed by atoms with Crippen molar-refractivity contribution in [2.75, 3.05) is 28.4 Å². The van der Waals surface area contributed by atoms with Crippen molar-refractivity contribution in [2.45, 2.75) is 39.7 Å². The smallest absolute Gasteiger partial charge is 0.252 e. The predicted molar refractivity (Wildman–Crippen MR) is 114 cm³/mol. The average molecular weight is 402 g/mol. The fourth-order valence-corrected chi connectivity index (χ4v) is 3.38. The van der Waals surface area contributed by atoms with Gasteiger partial charge in [-0.15, -0.1) is 0 Å². The number of nitrogens with one attached hydrogen (secondary N) is 1. The number of hydrogen-bond donors (Lipinski definition) is 1. The molecule has 29 heavy (non-hydrogen) atoms. The lowest BCUT2D eigenvalue weighted by molar-refractivity contribution is 0.0939. The van der Waals surface area contributed by atoms with Gasteiger partial charge in [0.15, 0.2) is 11.5 Å².